The molecule has 8 heteroatoms. The lowest BCUT2D eigenvalue weighted by molar-refractivity contribution is -0.118. The quantitative estimate of drug-likeness (QED) is 0.258. The van der Waals surface area contributed by atoms with E-state index in [0.29, 0.717) is 45.3 Å². The third-order valence-corrected chi connectivity index (χ3v) is 2.17. The van der Waals surface area contributed by atoms with Gasteiger partial charge < -0.3 is 14.8 Å². The first-order chi connectivity index (χ1) is 8.31. The Morgan fingerprint density at radius 3 is 2.71 bits per heavy atom. The van der Waals surface area contributed by atoms with Crippen molar-refractivity contribution >= 4 is 17.7 Å². The molecule has 0 aromatic heterocycles. The van der Waals surface area contributed by atoms with Crippen LogP contribution in [0.4, 0.5) is 0 Å². The standard InChI is InChI=1S/C9H18N4O3S/c1-17-8-9(14)11-2-4-15-6-7-16-5-3-12-13-10/h2-8H2,1H3,(H,11,14). The Balaban J connectivity index is 3.08. The van der Waals surface area contributed by atoms with Crippen molar-refractivity contribution in [2.75, 3.05) is 51.5 Å². The summed E-state index contributed by atoms with van der Waals surface area (Å²) in [5.74, 6) is 0.495. The number of amides is 1. The summed E-state index contributed by atoms with van der Waals surface area (Å²) in [7, 11) is 0. The number of rotatable bonds is 11. The number of thioether (sulfide) groups is 1. The summed E-state index contributed by atoms with van der Waals surface area (Å²) in [4.78, 5) is 13.6. The van der Waals surface area contributed by atoms with Gasteiger partial charge in [-0.1, -0.05) is 5.11 Å². The van der Waals surface area contributed by atoms with Gasteiger partial charge in [0.15, 0.2) is 0 Å². The molecule has 0 spiro atoms. The summed E-state index contributed by atoms with van der Waals surface area (Å²) in [6, 6.07) is 0. The normalized spacial score (nSPS) is 9.71. The Kier molecular flexibility index (Phi) is 12.4. The van der Waals surface area contributed by atoms with Crippen molar-refractivity contribution in [1.29, 1.82) is 0 Å². The Hall–Kier alpha value is -0.950. The minimum atomic E-state index is 0.0201. The lowest BCUT2D eigenvalue weighted by atomic mass is 10.6. The molecule has 0 fully saturated rings. The minimum absolute atomic E-state index is 0.0201. The molecule has 0 aliphatic heterocycles. The van der Waals surface area contributed by atoms with E-state index in [4.69, 9.17) is 15.0 Å². The molecule has 0 heterocycles. The zero-order valence-electron chi connectivity index (χ0n) is 9.92. The molecular formula is C9H18N4O3S. The van der Waals surface area contributed by atoms with Crippen LogP contribution in [0.3, 0.4) is 0 Å². The van der Waals surface area contributed by atoms with Gasteiger partial charge in [-0.2, -0.15) is 11.8 Å². The first kappa shape index (κ1) is 16.1. The average molecular weight is 262 g/mol. The van der Waals surface area contributed by atoms with E-state index in [1.54, 1.807) is 0 Å². The fourth-order valence-electron chi connectivity index (χ4n) is 0.917. The molecule has 1 N–H and O–H groups in total. The van der Waals surface area contributed by atoms with Crippen LogP contribution in [0.5, 0.6) is 0 Å². The van der Waals surface area contributed by atoms with Crippen molar-refractivity contribution in [3.63, 3.8) is 0 Å². The molecule has 0 aliphatic carbocycles. The fourth-order valence-corrected chi connectivity index (χ4v) is 1.28. The third kappa shape index (κ3) is 13.0. The van der Waals surface area contributed by atoms with Gasteiger partial charge >= 0.3 is 0 Å². The van der Waals surface area contributed by atoms with Gasteiger partial charge in [0.1, 0.15) is 0 Å². The molecule has 1 amide bonds. The predicted molar refractivity (Wildman–Crippen MR) is 67.0 cm³/mol. The highest BCUT2D eigenvalue weighted by molar-refractivity contribution is 7.99. The van der Waals surface area contributed by atoms with Crippen molar-refractivity contribution < 1.29 is 14.3 Å². The summed E-state index contributed by atoms with van der Waals surface area (Å²) in [5, 5.41) is 6.04. The summed E-state index contributed by atoms with van der Waals surface area (Å²) >= 11 is 1.48. The second-order valence-electron chi connectivity index (χ2n) is 2.96. The maximum absolute atomic E-state index is 11.0. The highest BCUT2D eigenvalue weighted by Gasteiger charge is 1.97. The number of carbonyl (C=O) groups excluding carboxylic acids is 1. The zero-order chi connectivity index (χ0) is 12.8. The highest BCUT2D eigenvalue weighted by Crippen LogP contribution is 1.88. The lowest BCUT2D eigenvalue weighted by Crippen LogP contribution is -2.29. The van der Waals surface area contributed by atoms with Crippen LogP contribution in [0, 0.1) is 0 Å². The molecule has 0 saturated carbocycles. The third-order valence-electron chi connectivity index (χ3n) is 1.61. The van der Waals surface area contributed by atoms with Crippen LogP contribution in [-0.2, 0) is 14.3 Å². The van der Waals surface area contributed by atoms with Crippen LogP contribution < -0.4 is 5.32 Å². The number of ether oxygens (including phenoxy) is 2. The highest BCUT2D eigenvalue weighted by atomic mass is 32.2. The van der Waals surface area contributed by atoms with Crippen molar-refractivity contribution in [2.24, 2.45) is 5.11 Å². The molecule has 17 heavy (non-hydrogen) atoms. The van der Waals surface area contributed by atoms with Gasteiger partial charge in [0.25, 0.3) is 0 Å². The smallest absolute Gasteiger partial charge is 0.230 e. The first-order valence-electron chi connectivity index (χ1n) is 5.23. The number of carbonyl (C=O) groups is 1. The van der Waals surface area contributed by atoms with Gasteiger partial charge in [-0.3, -0.25) is 4.79 Å². The topological polar surface area (TPSA) is 96.3 Å². The predicted octanol–water partition coefficient (Wildman–Crippen LogP) is 0.809. The average Bonchev–Trinajstić information content (AvgIpc) is 2.32. The van der Waals surface area contributed by atoms with E-state index in [2.05, 4.69) is 15.3 Å². The second-order valence-corrected chi connectivity index (χ2v) is 3.83. The molecule has 0 saturated heterocycles. The number of hydrogen-bond acceptors (Lipinski definition) is 5. The Bertz CT molecular complexity index is 246. The molecule has 0 aromatic carbocycles. The van der Waals surface area contributed by atoms with Gasteiger partial charge in [-0.15, -0.1) is 0 Å². The molecule has 0 radical (unpaired) electrons. The molecule has 7 nitrogen and oxygen atoms in total. The van der Waals surface area contributed by atoms with E-state index < -0.39 is 0 Å². The van der Waals surface area contributed by atoms with Gasteiger partial charge in [0.05, 0.1) is 32.2 Å². The van der Waals surface area contributed by atoms with Crippen LogP contribution in [0.25, 0.3) is 10.4 Å². The molecule has 0 aromatic rings. The molecule has 0 unspecified atom stereocenters. The van der Waals surface area contributed by atoms with Gasteiger partial charge in [-0.05, 0) is 11.8 Å². The Morgan fingerprint density at radius 1 is 1.35 bits per heavy atom. The van der Waals surface area contributed by atoms with Gasteiger partial charge in [0, 0.05) is 18.0 Å². The minimum Gasteiger partial charge on any atom is -0.379 e. The maximum atomic E-state index is 11.0. The summed E-state index contributed by atoms with van der Waals surface area (Å²) in [6.45, 7) is 2.64. The van der Waals surface area contributed by atoms with E-state index >= 15 is 0 Å². The largest absolute Gasteiger partial charge is 0.379 e. The van der Waals surface area contributed by atoms with E-state index in [9.17, 15) is 4.79 Å². The van der Waals surface area contributed by atoms with E-state index in [-0.39, 0.29) is 5.91 Å². The summed E-state index contributed by atoms with van der Waals surface area (Å²) in [6.07, 6.45) is 1.88. The lowest BCUT2D eigenvalue weighted by Gasteiger charge is -2.06. The molecule has 0 bridgehead atoms. The van der Waals surface area contributed by atoms with Crippen LogP contribution in [0.15, 0.2) is 5.11 Å². The molecular weight excluding hydrogens is 244 g/mol. The number of azide groups is 1. The molecule has 0 aliphatic rings. The number of hydrogen-bond donors (Lipinski definition) is 1. The second kappa shape index (κ2) is 13.1. The van der Waals surface area contributed by atoms with Crippen LogP contribution in [0.2, 0.25) is 0 Å². The monoisotopic (exact) mass is 262 g/mol. The van der Waals surface area contributed by atoms with E-state index in [1.807, 2.05) is 6.26 Å². The maximum Gasteiger partial charge on any atom is 0.230 e. The van der Waals surface area contributed by atoms with E-state index in [1.165, 1.54) is 11.8 Å². The van der Waals surface area contributed by atoms with Crippen molar-refractivity contribution in [1.82, 2.24) is 5.32 Å². The first-order valence-corrected chi connectivity index (χ1v) is 6.62. The fraction of sp³-hybridized carbons (Fsp3) is 0.889. The van der Waals surface area contributed by atoms with Crippen LogP contribution in [0.1, 0.15) is 0 Å². The van der Waals surface area contributed by atoms with Crippen molar-refractivity contribution in [3.8, 4) is 0 Å². The van der Waals surface area contributed by atoms with Crippen LogP contribution in [-0.4, -0.2) is 57.4 Å². The SMILES string of the molecule is CSCC(=O)NCCOCCOCCN=[N+]=[N-]. The molecule has 98 valence electrons. The Labute approximate surface area is 105 Å². The van der Waals surface area contributed by atoms with Crippen molar-refractivity contribution in [3.05, 3.63) is 10.4 Å². The Morgan fingerprint density at radius 2 is 2.06 bits per heavy atom. The summed E-state index contributed by atoms with van der Waals surface area (Å²) in [5.41, 5.74) is 7.99. The number of nitrogens with one attached hydrogen (secondary N) is 1. The van der Waals surface area contributed by atoms with Crippen molar-refractivity contribution in [2.45, 2.75) is 0 Å². The number of nitrogens with zero attached hydrogens (tertiary/aromatic N) is 3. The zero-order valence-corrected chi connectivity index (χ0v) is 10.7. The summed E-state index contributed by atoms with van der Waals surface area (Å²) < 4.78 is 10.3. The van der Waals surface area contributed by atoms with Gasteiger partial charge in [-0.25, -0.2) is 0 Å². The van der Waals surface area contributed by atoms with Gasteiger partial charge in [0.2, 0.25) is 5.91 Å². The molecule has 0 rings (SSSR count). The molecule has 0 atom stereocenters. The van der Waals surface area contributed by atoms with Crippen LogP contribution >= 0.6 is 11.8 Å². The van der Waals surface area contributed by atoms with E-state index in [0.717, 1.165) is 0 Å².